The van der Waals surface area contributed by atoms with E-state index in [0.29, 0.717) is 12.2 Å². The topological polar surface area (TPSA) is 97.0 Å². The lowest BCUT2D eigenvalue weighted by Crippen LogP contribution is -2.43. The normalized spacial score (nSPS) is 16.0. The van der Waals surface area contributed by atoms with Crippen LogP contribution in [0.4, 0.5) is 14.4 Å². The van der Waals surface area contributed by atoms with Crippen LogP contribution in [0, 0.1) is 6.92 Å². The monoisotopic (exact) mass is 403 g/mol. The summed E-state index contributed by atoms with van der Waals surface area (Å²) in [5.41, 5.74) is 1.06. The smallest absolute Gasteiger partial charge is 0.444 e. The number of rotatable bonds is 5. The number of amides is 1. The Morgan fingerprint density at radius 1 is 1.30 bits per heavy atom. The number of halogens is 1. The first-order chi connectivity index (χ1) is 12.4. The molecule has 1 fully saturated rings. The van der Waals surface area contributed by atoms with E-state index in [9.17, 15) is 17.1 Å². The van der Waals surface area contributed by atoms with Gasteiger partial charge in [0.05, 0.1) is 5.69 Å². The summed E-state index contributed by atoms with van der Waals surface area (Å²) in [5.74, 6) is -0.209. The summed E-state index contributed by atoms with van der Waals surface area (Å²) in [4.78, 5) is 14.3. The Kier molecular flexibility index (Phi) is 6.66. The van der Waals surface area contributed by atoms with Crippen molar-refractivity contribution in [2.24, 2.45) is 0 Å². The molecule has 27 heavy (non-hydrogen) atoms. The summed E-state index contributed by atoms with van der Waals surface area (Å²) in [7, 11) is -5.18. The van der Waals surface area contributed by atoms with E-state index in [1.807, 2.05) is 0 Å². The molecule has 0 unspecified atom stereocenters. The number of carbonyl (C=O) groups excluding carboxylic acids is 1. The third-order valence-electron chi connectivity index (χ3n) is 3.92. The van der Waals surface area contributed by atoms with Gasteiger partial charge in [-0.3, -0.25) is 10.2 Å². The molecule has 8 nitrogen and oxygen atoms in total. The van der Waals surface area contributed by atoms with Crippen LogP contribution in [0.2, 0.25) is 0 Å². The van der Waals surface area contributed by atoms with E-state index in [4.69, 9.17) is 4.74 Å². The average Bonchev–Trinajstić information content (AvgIpc) is 2.49. The van der Waals surface area contributed by atoms with Gasteiger partial charge in [-0.2, -0.15) is 8.42 Å². The van der Waals surface area contributed by atoms with Crippen molar-refractivity contribution in [1.29, 1.82) is 0 Å². The Balaban J connectivity index is 2.30. The molecular formula is C17H26FN3O5S. The third kappa shape index (κ3) is 7.31. The quantitative estimate of drug-likeness (QED) is 0.729. The Labute approximate surface area is 159 Å². The fourth-order valence-electron chi connectivity index (χ4n) is 2.73. The van der Waals surface area contributed by atoms with Gasteiger partial charge in [-0.05, 0) is 44.9 Å². The Morgan fingerprint density at radius 3 is 2.48 bits per heavy atom. The maximum absolute atomic E-state index is 13.0. The van der Waals surface area contributed by atoms with Gasteiger partial charge in [0.15, 0.2) is 0 Å². The van der Waals surface area contributed by atoms with E-state index in [1.165, 1.54) is 12.1 Å². The van der Waals surface area contributed by atoms with Crippen molar-refractivity contribution in [2.45, 2.75) is 39.8 Å². The van der Waals surface area contributed by atoms with Crippen LogP contribution in [0.5, 0.6) is 5.75 Å². The summed E-state index contributed by atoms with van der Waals surface area (Å²) in [6, 6.07) is 2.73. The van der Waals surface area contributed by atoms with Gasteiger partial charge < -0.3 is 14.2 Å². The van der Waals surface area contributed by atoms with Crippen LogP contribution < -0.4 is 14.8 Å². The molecule has 0 spiro atoms. The van der Waals surface area contributed by atoms with Crippen LogP contribution in [-0.4, -0.2) is 51.2 Å². The largest absolute Gasteiger partial charge is 0.488 e. The first-order valence-corrected chi connectivity index (χ1v) is 9.94. The second-order valence-corrected chi connectivity index (χ2v) is 8.34. The minimum absolute atomic E-state index is 0.209. The number of hydrogen-bond acceptors (Lipinski definition) is 7. The highest BCUT2D eigenvalue weighted by Crippen LogP contribution is 2.29. The highest BCUT2D eigenvalue weighted by molar-refractivity contribution is 7.81. The van der Waals surface area contributed by atoms with E-state index in [0.717, 1.165) is 37.3 Å². The van der Waals surface area contributed by atoms with E-state index in [-0.39, 0.29) is 5.75 Å². The summed E-state index contributed by atoms with van der Waals surface area (Å²) < 4.78 is 44.4. The van der Waals surface area contributed by atoms with Crippen molar-refractivity contribution < 1.29 is 26.0 Å². The summed E-state index contributed by atoms with van der Waals surface area (Å²) >= 11 is 0. The molecule has 1 saturated heterocycles. The fourth-order valence-corrected chi connectivity index (χ4v) is 3.05. The Morgan fingerprint density at radius 2 is 1.93 bits per heavy atom. The van der Waals surface area contributed by atoms with Crippen molar-refractivity contribution in [1.82, 2.24) is 10.2 Å². The molecule has 0 aromatic heterocycles. The predicted octanol–water partition coefficient (Wildman–Crippen LogP) is 2.34. The molecule has 0 atom stereocenters. The first kappa shape index (κ1) is 21.4. The fraction of sp³-hybridized carbons (Fsp3) is 0.588. The molecule has 0 saturated carbocycles. The van der Waals surface area contributed by atoms with E-state index >= 15 is 0 Å². The van der Waals surface area contributed by atoms with Crippen molar-refractivity contribution in [3.05, 3.63) is 23.3 Å². The van der Waals surface area contributed by atoms with Gasteiger partial charge in [-0.25, -0.2) is 4.79 Å². The second kappa shape index (κ2) is 8.41. The zero-order chi connectivity index (χ0) is 20.2. The van der Waals surface area contributed by atoms with E-state index in [2.05, 4.69) is 19.7 Å². The van der Waals surface area contributed by atoms with Crippen LogP contribution in [0.15, 0.2) is 12.1 Å². The molecule has 152 valence electrons. The molecule has 1 aromatic rings. The molecule has 1 aliphatic rings. The number of ether oxygens (including phenoxy) is 1. The van der Waals surface area contributed by atoms with Gasteiger partial charge in [0.25, 0.3) is 0 Å². The molecule has 0 bridgehead atoms. The molecule has 1 aromatic carbocycles. The number of carbonyl (C=O) groups is 1. The minimum Gasteiger partial charge on any atom is -0.444 e. The number of piperazine rings is 1. The van der Waals surface area contributed by atoms with Gasteiger partial charge in [0.1, 0.15) is 11.4 Å². The summed E-state index contributed by atoms with van der Waals surface area (Å²) in [5, 5.41) is 5.83. The van der Waals surface area contributed by atoms with Gasteiger partial charge in [0, 0.05) is 38.8 Å². The van der Waals surface area contributed by atoms with Crippen LogP contribution in [-0.2, 0) is 21.8 Å². The lowest BCUT2D eigenvalue weighted by molar-refractivity contribution is 0.0636. The maximum Gasteiger partial charge on any atom is 0.488 e. The minimum atomic E-state index is -5.18. The lowest BCUT2D eigenvalue weighted by Gasteiger charge is -2.28. The SMILES string of the molecule is Cc1c(CN2CCNCC2)cc(OS(=O)(=O)F)cc1NC(=O)OC(C)(C)C. The number of nitrogens with one attached hydrogen (secondary N) is 2. The van der Waals surface area contributed by atoms with Gasteiger partial charge in [-0.15, -0.1) is 0 Å². The number of benzene rings is 1. The summed E-state index contributed by atoms with van der Waals surface area (Å²) in [6.07, 6.45) is -0.695. The molecule has 2 rings (SSSR count). The molecule has 1 heterocycles. The van der Waals surface area contributed by atoms with Crippen molar-refractivity contribution in [3.8, 4) is 5.75 Å². The Bertz CT molecular complexity index is 786. The van der Waals surface area contributed by atoms with Crippen molar-refractivity contribution >= 4 is 22.3 Å². The second-order valence-electron chi connectivity index (χ2n) is 7.38. The van der Waals surface area contributed by atoms with Crippen molar-refractivity contribution in [3.63, 3.8) is 0 Å². The highest BCUT2D eigenvalue weighted by atomic mass is 32.3. The Hall–Kier alpha value is -1.91. The molecular weight excluding hydrogens is 377 g/mol. The third-order valence-corrected chi connectivity index (χ3v) is 4.32. The molecule has 10 heteroatoms. The zero-order valence-corrected chi connectivity index (χ0v) is 16.8. The number of hydrogen-bond donors (Lipinski definition) is 2. The molecule has 1 aliphatic heterocycles. The van der Waals surface area contributed by atoms with Crippen LogP contribution in [0.25, 0.3) is 0 Å². The van der Waals surface area contributed by atoms with Gasteiger partial charge in [0.2, 0.25) is 0 Å². The molecule has 0 radical (unpaired) electrons. The first-order valence-electron chi connectivity index (χ1n) is 8.63. The molecule has 0 aliphatic carbocycles. The highest BCUT2D eigenvalue weighted by Gasteiger charge is 2.20. The predicted molar refractivity (Wildman–Crippen MR) is 99.8 cm³/mol. The maximum atomic E-state index is 13.0. The van der Waals surface area contributed by atoms with Crippen molar-refractivity contribution in [2.75, 3.05) is 31.5 Å². The van der Waals surface area contributed by atoms with Gasteiger partial charge >= 0.3 is 16.6 Å². The average molecular weight is 403 g/mol. The summed E-state index contributed by atoms with van der Waals surface area (Å²) in [6.45, 7) is 10.8. The zero-order valence-electron chi connectivity index (χ0n) is 16.0. The lowest BCUT2D eigenvalue weighted by atomic mass is 10.0. The number of anilines is 1. The van der Waals surface area contributed by atoms with Gasteiger partial charge in [-0.1, -0.05) is 3.89 Å². The molecule has 2 N–H and O–H groups in total. The standard InChI is InChI=1S/C17H26FN3O5S/c1-12-13(11-21-7-5-19-6-8-21)9-14(26-27(18,23)24)10-15(12)20-16(22)25-17(2,3)4/h9-10,19H,5-8,11H2,1-4H3,(H,20,22). The van der Waals surface area contributed by atoms with Crippen LogP contribution >= 0.6 is 0 Å². The van der Waals surface area contributed by atoms with Crippen LogP contribution in [0.1, 0.15) is 31.9 Å². The number of nitrogens with zero attached hydrogens (tertiary/aromatic N) is 1. The van der Waals surface area contributed by atoms with Crippen LogP contribution in [0.3, 0.4) is 0 Å². The molecule has 1 amide bonds. The van der Waals surface area contributed by atoms with E-state index in [1.54, 1.807) is 27.7 Å². The van der Waals surface area contributed by atoms with E-state index < -0.39 is 22.2 Å².